The highest BCUT2D eigenvalue weighted by Gasteiger charge is 2.15. The van der Waals surface area contributed by atoms with Gasteiger partial charge in [0.15, 0.2) is 0 Å². The van der Waals surface area contributed by atoms with Crippen LogP contribution in [0.4, 0.5) is 0 Å². The second kappa shape index (κ2) is 5.57. The lowest BCUT2D eigenvalue weighted by atomic mass is 10.1. The van der Waals surface area contributed by atoms with Gasteiger partial charge >= 0.3 is 0 Å². The number of hydrogen-bond acceptors (Lipinski definition) is 3. The number of carbonyl (C=O) groups is 1. The fourth-order valence-electron chi connectivity index (χ4n) is 1.28. The second-order valence-electron chi connectivity index (χ2n) is 4.39. The number of hydrogen-bond donors (Lipinski definition) is 2. The van der Waals surface area contributed by atoms with E-state index in [9.17, 15) is 9.90 Å². The number of nitrogens with one attached hydrogen (secondary N) is 1. The van der Waals surface area contributed by atoms with E-state index in [4.69, 9.17) is 4.74 Å². The number of rotatable bonds is 4. The molecular formula is C13H19NO3. The molecule has 4 nitrogen and oxygen atoms in total. The van der Waals surface area contributed by atoms with Crippen LogP contribution in [0.15, 0.2) is 18.2 Å². The van der Waals surface area contributed by atoms with Gasteiger partial charge in [-0.15, -0.1) is 0 Å². The molecule has 4 heteroatoms. The smallest absolute Gasteiger partial charge is 0.255 e. The van der Waals surface area contributed by atoms with E-state index in [2.05, 4.69) is 5.32 Å². The molecular weight excluding hydrogens is 218 g/mol. The van der Waals surface area contributed by atoms with Crippen molar-refractivity contribution in [2.45, 2.75) is 26.8 Å². The quantitative estimate of drug-likeness (QED) is 0.843. The van der Waals surface area contributed by atoms with Crippen LogP contribution >= 0.6 is 0 Å². The summed E-state index contributed by atoms with van der Waals surface area (Å²) in [5, 5.41) is 12.5. The van der Waals surface area contributed by atoms with Gasteiger partial charge in [0.1, 0.15) is 11.5 Å². The summed E-state index contributed by atoms with van der Waals surface area (Å²) in [6.45, 7) is 5.99. The molecule has 94 valence electrons. The number of amides is 1. The van der Waals surface area contributed by atoms with Gasteiger partial charge in [-0.05, 0) is 25.0 Å². The lowest BCUT2D eigenvalue weighted by Gasteiger charge is -2.17. The maximum absolute atomic E-state index is 11.9. The predicted molar refractivity (Wildman–Crippen MR) is 66.4 cm³/mol. The molecule has 0 bridgehead atoms. The first kappa shape index (κ1) is 13.4. The molecule has 0 aromatic heterocycles. The van der Waals surface area contributed by atoms with E-state index in [0.29, 0.717) is 11.7 Å². The van der Waals surface area contributed by atoms with Crippen LogP contribution in [0.2, 0.25) is 0 Å². The third-order valence-electron chi connectivity index (χ3n) is 2.81. The third kappa shape index (κ3) is 3.37. The van der Waals surface area contributed by atoms with Crippen molar-refractivity contribution in [2.75, 3.05) is 7.11 Å². The SMILES string of the molecule is COc1ccc(C(=O)NC(C)C(C)C)c(O)c1. The Labute approximate surface area is 102 Å². The van der Waals surface area contributed by atoms with Gasteiger partial charge in [0.2, 0.25) is 0 Å². The minimum Gasteiger partial charge on any atom is -0.507 e. The van der Waals surface area contributed by atoms with Crippen LogP contribution in [-0.4, -0.2) is 24.2 Å². The van der Waals surface area contributed by atoms with Crippen molar-refractivity contribution >= 4 is 5.91 Å². The van der Waals surface area contributed by atoms with E-state index < -0.39 is 0 Å². The van der Waals surface area contributed by atoms with Gasteiger partial charge in [-0.1, -0.05) is 13.8 Å². The third-order valence-corrected chi connectivity index (χ3v) is 2.81. The predicted octanol–water partition coefficient (Wildman–Crippen LogP) is 2.18. The topological polar surface area (TPSA) is 58.6 Å². The number of aromatic hydroxyl groups is 1. The van der Waals surface area contributed by atoms with Gasteiger partial charge in [0, 0.05) is 12.1 Å². The monoisotopic (exact) mass is 237 g/mol. The van der Waals surface area contributed by atoms with E-state index in [1.807, 2.05) is 20.8 Å². The average molecular weight is 237 g/mol. The van der Waals surface area contributed by atoms with Crippen LogP contribution in [0, 0.1) is 5.92 Å². The lowest BCUT2D eigenvalue weighted by Crippen LogP contribution is -2.36. The Hall–Kier alpha value is -1.71. The van der Waals surface area contributed by atoms with E-state index in [1.165, 1.54) is 13.2 Å². The largest absolute Gasteiger partial charge is 0.507 e. The molecule has 0 fully saturated rings. The molecule has 1 amide bonds. The van der Waals surface area contributed by atoms with Gasteiger partial charge in [-0.2, -0.15) is 0 Å². The summed E-state index contributed by atoms with van der Waals surface area (Å²) in [6.07, 6.45) is 0. The molecule has 0 spiro atoms. The van der Waals surface area contributed by atoms with Gasteiger partial charge in [-0.3, -0.25) is 4.79 Å². The van der Waals surface area contributed by atoms with Crippen LogP contribution in [0.1, 0.15) is 31.1 Å². The molecule has 1 aromatic rings. The molecule has 0 aliphatic rings. The van der Waals surface area contributed by atoms with Gasteiger partial charge in [0.05, 0.1) is 12.7 Å². The minimum atomic E-state index is -0.272. The fraction of sp³-hybridized carbons (Fsp3) is 0.462. The number of phenolic OH excluding ortho intramolecular Hbond substituents is 1. The Balaban J connectivity index is 2.82. The summed E-state index contributed by atoms with van der Waals surface area (Å²) in [7, 11) is 1.51. The van der Waals surface area contributed by atoms with Crippen molar-refractivity contribution in [3.63, 3.8) is 0 Å². The standard InChI is InChI=1S/C13H19NO3/c1-8(2)9(3)14-13(16)11-6-5-10(17-4)7-12(11)15/h5-9,15H,1-4H3,(H,14,16). The molecule has 1 aromatic carbocycles. The zero-order chi connectivity index (χ0) is 13.0. The van der Waals surface area contributed by atoms with Crippen molar-refractivity contribution < 1.29 is 14.6 Å². The number of phenols is 1. The molecule has 1 atom stereocenters. The Morgan fingerprint density at radius 2 is 2.00 bits per heavy atom. The maximum atomic E-state index is 11.9. The summed E-state index contributed by atoms with van der Waals surface area (Å²) < 4.78 is 4.96. The van der Waals surface area contributed by atoms with Crippen LogP contribution in [0.5, 0.6) is 11.5 Å². The van der Waals surface area contributed by atoms with Crippen LogP contribution in [0.3, 0.4) is 0 Å². The highest BCUT2D eigenvalue weighted by molar-refractivity contribution is 5.97. The first-order valence-corrected chi connectivity index (χ1v) is 5.63. The maximum Gasteiger partial charge on any atom is 0.255 e. The lowest BCUT2D eigenvalue weighted by molar-refractivity contribution is 0.0928. The normalized spacial score (nSPS) is 12.3. The molecule has 2 N–H and O–H groups in total. The van der Waals surface area contributed by atoms with E-state index in [0.717, 1.165) is 0 Å². The molecule has 1 unspecified atom stereocenters. The zero-order valence-electron chi connectivity index (χ0n) is 10.7. The highest BCUT2D eigenvalue weighted by Crippen LogP contribution is 2.23. The first-order chi connectivity index (χ1) is 7.95. The van der Waals surface area contributed by atoms with Crippen LogP contribution in [-0.2, 0) is 0 Å². The molecule has 0 saturated heterocycles. The summed E-state index contributed by atoms with van der Waals surface area (Å²) in [4.78, 5) is 11.9. The van der Waals surface area contributed by atoms with Crippen molar-refractivity contribution in [2.24, 2.45) is 5.92 Å². The molecule has 0 saturated carbocycles. The van der Waals surface area contributed by atoms with Gasteiger partial charge in [0.25, 0.3) is 5.91 Å². The number of ether oxygens (including phenoxy) is 1. The number of benzene rings is 1. The van der Waals surface area contributed by atoms with Crippen molar-refractivity contribution in [1.82, 2.24) is 5.32 Å². The molecule has 0 aliphatic carbocycles. The average Bonchev–Trinajstić information content (AvgIpc) is 2.28. The van der Waals surface area contributed by atoms with E-state index in [-0.39, 0.29) is 23.3 Å². The minimum absolute atomic E-state index is 0.0593. The first-order valence-electron chi connectivity index (χ1n) is 5.63. The second-order valence-corrected chi connectivity index (χ2v) is 4.39. The number of carbonyl (C=O) groups excluding carboxylic acids is 1. The Morgan fingerprint density at radius 3 is 2.47 bits per heavy atom. The Morgan fingerprint density at radius 1 is 1.35 bits per heavy atom. The molecule has 17 heavy (non-hydrogen) atoms. The van der Waals surface area contributed by atoms with Crippen molar-refractivity contribution in [3.05, 3.63) is 23.8 Å². The molecule has 0 aliphatic heterocycles. The van der Waals surface area contributed by atoms with Crippen LogP contribution in [0.25, 0.3) is 0 Å². The van der Waals surface area contributed by atoms with Gasteiger partial charge in [-0.25, -0.2) is 0 Å². The Kier molecular flexibility index (Phi) is 4.37. The van der Waals surface area contributed by atoms with Crippen LogP contribution < -0.4 is 10.1 Å². The Bertz CT molecular complexity index is 402. The molecule has 0 radical (unpaired) electrons. The van der Waals surface area contributed by atoms with E-state index in [1.54, 1.807) is 12.1 Å². The zero-order valence-corrected chi connectivity index (χ0v) is 10.7. The summed E-state index contributed by atoms with van der Waals surface area (Å²) >= 11 is 0. The highest BCUT2D eigenvalue weighted by atomic mass is 16.5. The van der Waals surface area contributed by atoms with E-state index >= 15 is 0 Å². The van der Waals surface area contributed by atoms with Gasteiger partial charge < -0.3 is 15.2 Å². The summed E-state index contributed by atoms with van der Waals surface area (Å²) in [5.41, 5.74) is 0.262. The molecule has 1 rings (SSSR count). The van der Waals surface area contributed by atoms with Crippen molar-refractivity contribution in [1.29, 1.82) is 0 Å². The van der Waals surface area contributed by atoms with Crippen molar-refractivity contribution in [3.8, 4) is 11.5 Å². The summed E-state index contributed by atoms with van der Waals surface area (Å²) in [6, 6.07) is 4.68. The number of methoxy groups -OCH3 is 1. The molecule has 0 heterocycles. The summed E-state index contributed by atoms with van der Waals surface area (Å²) in [5.74, 6) is 0.527. The fourth-order valence-corrected chi connectivity index (χ4v) is 1.28.